The number of alkyl halides is 12. The molecule has 0 unspecified atom stereocenters. The largest absolute Gasteiger partial charge is 0.430 e. The molecule has 0 aliphatic rings. The summed E-state index contributed by atoms with van der Waals surface area (Å²) >= 11 is 0. The highest BCUT2D eigenvalue weighted by Gasteiger charge is 2.73. The Morgan fingerprint density at radius 2 is 0.750 bits per heavy atom. The molecule has 0 heterocycles. The van der Waals surface area contributed by atoms with E-state index in [0.29, 0.717) is 18.2 Å². The van der Waals surface area contributed by atoms with E-state index in [0.717, 1.165) is 6.07 Å². The minimum absolute atomic E-state index is 0.190. The van der Waals surface area contributed by atoms with Crippen LogP contribution in [0.5, 0.6) is 0 Å². The van der Waals surface area contributed by atoms with Crippen molar-refractivity contribution in [3.8, 4) is 0 Å². The van der Waals surface area contributed by atoms with Crippen molar-refractivity contribution in [2.75, 3.05) is 11.5 Å². The number of nitrogens with two attached hydrogens (primary N) is 2. The maximum absolute atomic E-state index is 13.3. The van der Waals surface area contributed by atoms with Gasteiger partial charge in [-0.1, -0.05) is 24.3 Å². The predicted molar refractivity (Wildman–Crippen MR) is 102 cm³/mol. The van der Waals surface area contributed by atoms with Gasteiger partial charge in [0.05, 0.1) is 0 Å². The van der Waals surface area contributed by atoms with E-state index in [2.05, 4.69) is 0 Å². The minimum atomic E-state index is -6.33. The van der Waals surface area contributed by atoms with Crippen LogP contribution in [0, 0.1) is 0 Å². The van der Waals surface area contributed by atoms with E-state index < -0.39 is 69.2 Å². The number of fused-ring (bicyclic) bond motifs is 2. The normalized spacial score (nSPS) is 14.6. The standard InChI is InChI=1S/C20H12F12N2O2/c21-17(22,23)15(35,18(24,25)26)11-3-1-7-5-8-2-4-12(14(34)10(8)6-9(7)13(11)33)16(36,19(27,28)29)20(30,31)32/h1-6,35-36H,33-34H2. The third kappa shape index (κ3) is 3.65. The van der Waals surface area contributed by atoms with E-state index in [1.807, 2.05) is 0 Å². The Kier molecular flexibility index (Phi) is 5.85. The van der Waals surface area contributed by atoms with Crippen LogP contribution < -0.4 is 11.5 Å². The van der Waals surface area contributed by atoms with Crippen molar-refractivity contribution in [2.24, 2.45) is 0 Å². The van der Waals surface area contributed by atoms with Crippen LogP contribution in [-0.4, -0.2) is 34.9 Å². The number of aliphatic hydroxyl groups is 2. The Morgan fingerprint density at radius 1 is 0.472 bits per heavy atom. The van der Waals surface area contributed by atoms with Crippen LogP contribution in [0.3, 0.4) is 0 Å². The molecule has 4 nitrogen and oxygen atoms in total. The van der Waals surface area contributed by atoms with Crippen LogP contribution in [0.2, 0.25) is 0 Å². The highest BCUT2D eigenvalue weighted by Crippen LogP contribution is 2.54. The lowest BCUT2D eigenvalue weighted by molar-refractivity contribution is -0.376. The van der Waals surface area contributed by atoms with Crippen molar-refractivity contribution in [1.29, 1.82) is 0 Å². The molecule has 198 valence electrons. The van der Waals surface area contributed by atoms with Gasteiger partial charge in [-0.25, -0.2) is 0 Å². The first-order valence-electron chi connectivity index (χ1n) is 9.27. The molecule has 3 aromatic carbocycles. The topological polar surface area (TPSA) is 92.5 Å². The molecule has 36 heavy (non-hydrogen) atoms. The van der Waals surface area contributed by atoms with E-state index in [1.165, 1.54) is 0 Å². The van der Waals surface area contributed by atoms with Crippen LogP contribution in [0.25, 0.3) is 21.5 Å². The average Bonchev–Trinajstić information content (AvgIpc) is 2.69. The van der Waals surface area contributed by atoms with Crippen LogP contribution in [0.4, 0.5) is 64.1 Å². The first kappa shape index (κ1) is 27.4. The Labute approximate surface area is 191 Å². The SMILES string of the molecule is Nc1c(C(O)(C(F)(F)F)C(F)(F)F)ccc2cc3ccc(C(O)(C(F)(F)F)C(F)(F)F)c(N)c3cc12. The van der Waals surface area contributed by atoms with Crippen LogP contribution in [0.15, 0.2) is 36.4 Å². The van der Waals surface area contributed by atoms with Crippen molar-refractivity contribution in [3.63, 3.8) is 0 Å². The molecule has 0 atom stereocenters. The third-order valence-electron chi connectivity index (χ3n) is 5.66. The number of nitrogen functional groups attached to an aromatic ring is 2. The van der Waals surface area contributed by atoms with Crippen molar-refractivity contribution >= 4 is 32.9 Å². The number of hydrogen-bond acceptors (Lipinski definition) is 4. The molecule has 0 aromatic heterocycles. The molecule has 6 N–H and O–H groups in total. The van der Waals surface area contributed by atoms with Gasteiger partial charge >= 0.3 is 24.7 Å². The van der Waals surface area contributed by atoms with Gasteiger partial charge in [0.1, 0.15) is 0 Å². The lowest BCUT2D eigenvalue weighted by atomic mass is 9.86. The number of hydrogen-bond donors (Lipinski definition) is 4. The molecule has 0 aliphatic heterocycles. The summed E-state index contributed by atoms with van der Waals surface area (Å²) in [6, 6.07) is 3.33. The Bertz CT molecular complexity index is 1210. The Hall–Kier alpha value is -3.14. The molecule has 0 aliphatic carbocycles. The van der Waals surface area contributed by atoms with E-state index in [-0.39, 0.29) is 22.9 Å². The first-order chi connectivity index (χ1) is 16.0. The molecular formula is C20H12F12N2O2. The number of rotatable bonds is 2. The van der Waals surface area contributed by atoms with Crippen molar-refractivity contribution < 1.29 is 62.9 Å². The third-order valence-corrected chi connectivity index (χ3v) is 5.66. The molecule has 0 fully saturated rings. The molecule has 0 amide bonds. The monoisotopic (exact) mass is 540 g/mol. The molecule has 0 bridgehead atoms. The number of halogens is 12. The van der Waals surface area contributed by atoms with Crippen molar-refractivity contribution in [1.82, 2.24) is 0 Å². The minimum Gasteiger partial charge on any atom is -0.398 e. The lowest BCUT2D eigenvalue weighted by Crippen LogP contribution is -2.54. The van der Waals surface area contributed by atoms with Gasteiger partial charge in [0.15, 0.2) is 0 Å². The van der Waals surface area contributed by atoms with Crippen LogP contribution in [0.1, 0.15) is 11.1 Å². The van der Waals surface area contributed by atoms with Crippen molar-refractivity contribution in [2.45, 2.75) is 35.9 Å². The zero-order chi connectivity index (χ0) is 27.9. The van der Waals surface area contributed by atoms with Gasteiger partial charge in [0.25, 0.3) is 11.2 Å². The summed E-state index contributed by atoms with van der Waals surface area (Å²) in [6.45, 7) is 0. The molecular weight excluding hydrogens is 528 g/mol. The van der Waals surface area contributed by atoms with Gasteiger partial charge < -0.3 is 21.7 Å². The zero-order valence-electron chi connectivity index (χ0n) is 17.0. The summed E-state index contributed by atoms with van der Waals surface area (Å²) in [5.74, 6) is 0. The van der Waals surface area contributed by atoms with E-state index in [4.69, 9.17) is 11.5 Å². The maximum atomic E-state index is 13.3. The lowest BCUT2D eigenvalue weighted by Gasteiger charge is -2.34. The Balaban J connectivity index is 2.43. The van der Waals surface area contributed by atoms with Gasteiger partial charge in [-0.3, -0.25) is 0 Å². The second kappa shape index (κ2) is 7.68. The maximum Gasteiger partial charge on any atom is 0.430 e. The molecule has 3 rings (SSSR count). The van der Waals surface area contributed by atoms with Crippen LogP contribution >= 0.6 is 0 Å². The van der Waals surface area contributed by atoms with Gasteiger partial charge in [-0.2, -0.15) is 52.7 Å². The first-order valence-corrected chi connectivity index (χ1v) is 9.27. The Morgan fingerprint density at radius 3 is 1.00 bits per heavy atom. The van der Waals surface area contributed by atoms with Crippen molar-refractivity contribution in [3.05, 3.63) is 47.5 Å². The van der Waals surface area contributed by atoms with E-state index in [1.54, 1.807) is 0 Å². The fraction of sp³-hybridized carbons (Fsp3) is 0.300. The smallest absolute Gasteiger partial charge is 0.398 e. The van der Waals surface area contributed by atoms with Crippen LogP contribution in [-0.2, 0) is 11.2 Å². The molecule has 16 heteroatoms. The highest BCUT2D eigenvalue weighted by molar-refractivity contribution is 6.08. The molecule has 0 radical (unpaired) electrons. The van der Waals surface area contributed by atoms with Gasteiger partial charge in [0, 0.05) is 33.3 Å². The fourth-order valence-electron chi connectivity index (χ4n) is 3.76. The summed E-state index contributed by atoms with van der Waals surface area (Å²) in [5.41, 5.74) is -6.35. The second-order valence-electron chi connectivity index (χ2n) is 7.76. The quantitative estimate of drug-likeness (QED) is 0.188. The molecule has 0 spiro atoms. The average molecular weight is 540 g/mol. The number of anilines is 2. The summed E-state index contributed by atoms with van der Waals surface area (Å²) in [4.78, 5) is 0. The molecule has 0 saturated carbocycles. The predicted octanol–water partition coefficient (Wildman–Crippen LogP) is 5.78. The van der Waals surface area contributed by atoms with Gasteiger partial charge in [-0.15, -0.1) is 0 Å². The van der Waals surface area contributed by atoms with Gasteiger partial charge in [-0.05, 0) is 22.9 Å². The molecule has 3 aromatic rings. The zero-order valence-corrected chi connectivity index (χ0v) is 17.0. The van der Waals surface area contributed by atoms with E-state index in [9.17, 15) is 62.9 Å². The summed E-state index contributed by atoms with van der Waals surface area (Å²) in [6.07, 6.45) is -25.3. The summed E-state index contributed by atoms with van der Waals surface area (Å²) < 4.78 is 160. The number of benzene rings is 3. The fourth-order valence-corrected chi connectivity index (χ4v) is 3.76. The summed E-state index contributed by atoms with van der Waals surface area (Å²) in [5, 5.41) is 17.5. The summed E-state index contributed by atoms with van der Waals surface area (Å²) in [7, 11) is 0. The highest BCUT2D eigenvalue weighted by atomic mass is 19.4. The van der Waals surface area contributed by atoms with Gasteiger partial charge in [0.2, 0.25) is 0 Å². The molecule has 0 saturated heterocycles. The second-order valence-corrected chi connectivity index (χ2v) is 7.76. The van der Waals surface area contributed by atoms with E-state index >= 15 is 0 Å².